The summed E-state index contributed by atoms with van der Waals surface area (Å²) < 4.78 is 71.1. The van der Waals surface area contributed by atoms with Crippen LogP contribution in [0.1, 0.15) is 18.9 Å². The monoisotopic (exact) mass is 466 g/mol. The first-order chi connectivity index (χ1) is 14.4. The number of nitrogens with zero attached hydrogens (tertiary/aromatic N) is 4. The average Bonchev–Trinajstić information content (AvgIpc) is 3.03. The molecule has 13 heteroatoms. The van der Waals surface area contributed by atoms with Crippen molar-refractivity contribution in [2.75, 3.05) is 28.7 Å². The molecule has 1 aromatic heterocycles. The van der Waals surface area contributed by atoms with Gasteiger partial charge >= 0.3 is 12.2 Å². The molecule has 0 aliphatic carbocycles. The summed E-state index contributed by atoms with van der Waals surface area (Å²) in [6.07, 6.45) is -7.38. The summed E-state index contributed by atoms with van der Waals surface area (Å²) in [6, 6.07) is 6.06. The van der Waals surface area contributed by atoms with E-state index < -0.39 is 37.2 Å². The van der Waals surface area contributed by atoms with Gasteiger partial charge in [-0.15, -0.1) is 0 Å². The lowest BCUT2D eigenvalue weighted by molar-refractivity contribution is -0.190. The van der Waals surface area contributed by atoms with E-state index in [0.717, 1.165) is 16.8 Å². The van der Waals surface area contributed by atoms with Crippen LogP contribution < -0.4 is 26.2 Å². The van der Waals surface area contributed by atoms with Crippen molar-refractivity contribution >= 4 is 28.9 Å². The average molecular weight is 467 g/mol. The van der Waals surface area contributed by atoms with E-state index in [0.29, 0.717) is 10.6 Å². The minimum absolute atomic E-state index is 0.00918. The summed E-state index contributed by atoms with van der Waals surface area (Å²) in [6.45, 7) is -0.0359. The maximum atomic E-state index is 13.7. The Bertz CT molecular complexity index is 944. The lowest BCUT2D eigenvalue weighted by atomic mass is 10.2. The molecule has 0 spiro atoms. The third-order valence-electron chi connectivity index (χ3n) is 4.67. The van der Waals surface area contributed by atoms with Gasteiger partial charge in [0.2, 0.25) is 0 Å². The molecule has 0 radical (unpaired) electrons. The number of anilines is 3. The van der Waals surface area contributed by atoms with Crippen LogP contribution >= 0.6 is 11.6 Å². The molecule has 31 heavy (non-hydrogen) atoms. The van der Waals surface area contributed by atoms with Gasteiger partial charge in [0, 0.05) is 18.0 Å². The van der Waals surface area contributed by atoms with Gasteiger partial charge in [0.25, 0.3) is 5.92 Å². The minimum Gasteiger partial charge on any atom is -0.451 e. The van der Waals surface area contributed by atoms with E-state index in [-0.39, 0.29) is 30.4 Å². The van der Waals surface area contributed by atoms with Crippen LogP contribution in [0.2, 0.25) is 5.02 Å². The topological polar surface area (TPSA) is 93.5 Å². The summed E-state index contributed by atoms with van der Waals surface area (Å²) in [4.78, 5) is 8.93. The van der Waals surface area contributed by atoms with Gasteiger partial charge in [0.15, 0.2) is 17.7 Å². The summed E-state index contributed by atoms with van der Waals surface area (Å²) in [5, 5.41) is 1.44. The van der Waals surface area contributed by atoms with Gasteiger partial charge in [0.05, 0.1) is 13.1 Å². The predicted molar refractivity (Wildman–Crippen MR) is 106 cm³/mol. The molecule has 0 amide bonds. The van der Waals surface area contributed by atoms with Gasteiger partial charge in [-0.3, -0.25) is 5.01 Å². The Kier molecular flexibility index (Phi) is 6.33. The predicted octanol–water partition coefficient (Wildman–Crippen LogP) is 3.77. The SMILES string of the molecule is C[C@H](Oc1nc(N(N)Cc2ccccc2Cl)c(N)c(N2CCC(F)(F)C2)n1)C(F)(F)F. The first-order valence-corrected chi connectivity index (χ1v) is 9.54. The van der Waals surface area contributed by atoms with Crippen molar-refractivity contribution in [2.24, 2.45) is 5.84 Å². The molecule has 2 heterocycles. The molecule has 1 atom stereocenters. The fourth-order valence-electron chi connectivity index (χ4n) is 2.97. The smallest absolute Gasteiger partial charge is 0.425 e. The molecule has 1 aliphatic rings. The second-order valence-electron chi connectivity index (χ2n) is 7.12. The highest BCUT2D eigenvalue weighted by Crippen LogP contribution is 2.38. The molecule has 0 saturated carbocycles. The third kappa shape index (κ3) is 5.37. The zero-order chi connectivity index (χ0) is 23.0. The van der Waals surface area contributed by atoms with Crippen molar-refractivity contribution in [3.05, 3.63) is 34.9 Å². The van der Waals surface area contributed by atoms with Crippen molar-refractivity contribution in [3.8, 4) is 6.01 Å². The van der Waals surface area contributed by atoms with E-state index >= 15 is 0 Å². The number of hydrazine groups is 1. The van der Waals surface area contributed by atoms with E-state index in [1.54, 1.807) is 24.3 Å². The first kappa shape index (κ1) is 23.1. The van der Waals surface area contributed by atoms with Crippen LogP contribution in [0.25, 0.3) is 0 Å². The molecule has 0 bridgehead atoms. The van der Waals surface area contributed by atoms with Gasteiger partial charge in [-0.05, 0) is 18.6 Å². The number of ether oxygens (including phenoxy) is 1. The summed E-state index contributed by atoms with van der Waals surface area (Å²) in [7, 11) is 0. The molecule has 7 nitrogen and oxygen atoms in total. The molecule has 4 N–H and O–H groups in total. The summed E-state index contributed by atoms with van der Waals surface area (Å²) in [5.74, 6) is 2.72. The van der Waals surface area contributed by atoms with E-state index in [9.17, 15) is 22.0 Å². The lowest BCUT2D eigenvalue weighted by Crippen LogP contribution is -2.35. The molecule has 1 fully saturated rings. The second kappa shape index (κ2) is 8.50. The summed E-state index contributed by atoms with van der Waals surface area (Å²) in [5.41, 5.74) is 6.51. The zero-order valence-electron chi connectivity index (χ0n) is 16.3. The Hall–Kier alpha value is -2.60. The van der Waals surface area contributed by atoms with Gasteiger partial charge in [-0.2, -0.15) is 23.1 Å². The van der Waals surface area contributed by atoms with Crippen molar-refractivity contribution < 1.29 is 26.7 Å². The van der Waals surface area contributed by atoms with Crippen LogP contribution in [0.5, 0.6) is 6.01 Å². The number of nitrogens with two attached hydrogens (primary N) is 2. The van der Waals surface area contributed by atoms with E-state index in [1.165, 1.54) is 0 Å². The number of benzene rings is 1. The van der Waals surface area contributed by atoms with Crippen molar-refractivity contribution in [3.63, 3.8) is 0 Å². The molecule has 0 unspecified atom stereocenters. The number of halogens is 6. The number of aromatic nitrogens is 2. The Morgan fingerprint density at radius 1 is 1.29 bits per heavy atom. The molecule has 2 aromatic rings. The zero-order valence-corrected chi connectivity index (χ0v) is 17.1. The molecular weight excluding hydrogens is 447 g/mol. The highest BCUT2D eigenvalue weighted by atomic mass is 35.5. The molecule has 3 rings (SSSR count). The Balaban J connectivity index is 1.99. The Morgan fingerprint density at radius 2 is 1.97 bits per heavy atom. The third-order valence-corrected chi connectivity index (χ3v) is 5.04. The number of rotatable bonds is 6. The second-order valence-corrected chi connectivity index (χ2v) is 7.52. The number of hydrogen-bond acceptors (Lipinski definition) is 7. The quantitative estimate of drug-likeness (QED) is 0.380. The highest BCUT2D eigenvalue weighted by Gasteiger charge is 2.41. The highest BCUT2D eigenvalue weighted by molar-refractivity contribution is 6.31. The van der Waals surface area contributed by atoms with Gasteiger partial charge in [-0.1, -0.05) is 29.8 Å². The number of hydrogen-bond donors (Lipinski definition) is 2. The van der Waals surface area contributed by atoms with Gasteiger partial charge in [-0.25, -0.2) is 14.6 Å². The van der Waals surface area contributed by atoms with Crippen molar-refractivity contribution in [2.45, 2.75) is 38.1 Å². The van der Waals surface area contributed by atoms with Crippen LogP contribution in [-0.4, -0.2) is 41.3 Å². The maximum absolute atomic E-state index is 13.7. The molecule has 1 aromatic carbocycles. The van der Waals surface area contributed by atoms with Crippen LogP contribution in [0.15, 0.2) is 24.3 Å². The lowest BCUT2D eigenvalue weighted by Gasteiger charge is -2.26. The van der Waals surface area contributed by atoms with Crippen molar-refractivity contribution in [1.29, 1.82) is 0 Å². The number of nitrogen functional groups attached to an aromatic ring is 1. The van der Waals surface area contributed by atoms with Crippen LogP contribution in [0.4, 0.5) is 39.3 Å². The van der Waals surface area contributed by atoms with Gasteiger partial charge in [0.1, 0.15) is 5.69 Å². The normalized spacial score (nSPS) is 17.0. The largest absolute Gasteiger partial charge is 0.451 e. The van der Waals surface area contributed by atoms with Crippen LogP contribution in [-0.2, 0) is 6.54 Å². The molecule has 1 aliphatic heterocycles. The molecular formula is C18H20ClF5N6O. The maximum Gasteiger partial charge on any atom is 0.425 e. The summed E-state index contributed by atoms with van der Waals surface area (Å²) >= 11 is 6.12. The fourth-order valence-corrected chi connectivity index (χ4v) is 3.16. The Labute approximate surface area is 179 Å². The van der Waals surface area contributed by atoms with E-state index in [4.69, 9.17) is 27.9 Å². The van der Waals surface area contributed by atoms with E-state index in [1.807, 2.05) is 0 Å². The standard InChI is InChI=1S/C18H20ClF5N6O/c1-10(18(22,23)24)31-16-27-14(29-7-6-17(20,21)9-29)13(25)15(28-16)30(26)8-11-4-2-3-5-12(11)19/h2-5,10H,6-9,25-26H2,1H3/t10-/m0/s1. The fraction of sp³-hybridized carbons (Fsp3) is 0.444. The van der Waals surface area contributed by atoms with Crippen molar-refractivity contribution in [1.82, 2.24) is 9.97 Å². The van der Waals surface area contributed by atoms with E-state index in [2.05, 4.69) is 9.97 Å². The molecule has 1 saturated heterocycles. The number of alkyl halides is 5. The minimum atomic E-state index is -4.69. The Morgan fingerprint density at radius 3 is 2.55 bits per heavy atom. The van der Waals surface area contributed by atoms with Gasteiger partial charge < -0.3 is 15.4 Å². The van der Waals surface area contributed by atoms with Crippen LogP contribution in [0.3, 0.4) is 0 Å². The first-order valence-electron chi connectivity index (χ1n) is 9.16. The van der Waals surface area contributed by atoms with Crippen LogP contribution in [0, 0.1) is 0 Å². The molecule has 170 valence electrons.